The number of anilines is 2. The van der Waals surface area contributed by atoms with Crippen LogP contribution in [0.5, 0.6) is 0 Å². The molecule has 1 amide bonds. The van der Waals surface area contributed by atoms with E-state index in [0.717, 1.165) is 4.31 Å². The van der Waals surface area contributed by atoms with Gasteiger partial charge in [0.15, 0.2) is 0 Å². The molecule has 0 aliphatic carbocycles. The summed E-state index contributed by atoms with van der Waals surface area (Å²) in [6.45, 7) is 1.71. The van der Waals surface area contributed by atoms with E-state index in [0.29, 0.717) is 22.6 Å². The Morgan fingerprint density at radius 3 is 2.48 bits per heavy atom. The Labute approximate surface area is 153 Å². The van der Waals surface area contributed by atoms with E-state index < -0.39 is 10.0 Å². The van der Waals surface area contributed by atoms with Gasteiger partial charge in [-0.25, -0.2) is 12.7 Å². The molecular weight excluding hydrogens is 364 g/mol. The minimum atomic E-state index is -3.57. The summed E-state index contributed by atoms with van der Waals surface area (Å²) >= 11 is 0. The number of amides is 1. The molecule has 1 aromatic carbocycles. The molecule has 1 aromatic heterocycles. The van der Waals surface area contributed by atoms with Gasteiger partial charge in [0, 0.05) is 25.5 Å². The summed E-state index contributed by atoms with van der Waals surface area (Å²) < 4.78 is 25.7. The summed E-state index contributed by atoms with van der Waals surface area (Å²) in [7, 11) is -0.644. The van der Waals surface area contributed by atoms with Crippen LogP contribution >= 0.6 is 12.4 Å². The fourth-order valence-electron chi connectivity index (χ4n) is 2.06. The number of nitrogen functional groups attached to an aromatic ring is 1. The molecule has 0 radical (unpaired) electrons. The molecule has 2 aromatic rings. The predicted molar refractivity (Wildman–Crippen MR) is 100 cm³/mol. The van der Waals surface area contributed by atoms with E-state index in [2.05, 4.69) is 10.3 Å². The zero-order valence-corrected chi connectivity index (χ0v) is 15.8. The van der Waals surface area contributed by atoms with Crippen LogP contribution in [0.2, 0.25) is 0 Å². The number of halogens is 1. The van der Waals surface area contributed by atoms with Crippen molar-refractivity contribution in [2.24, 2.45) is 0 Å². The highest BCUT2D eigenvalue weighted by atomic mass is 35.5. The zero-order chi connectivity index (χ0) is 17.9. The lowest BCUT2D eigenvalue weighted by Crippen LogP contribution is -2.23. The minimum absolute atomic E-state index is 0. The first-order chi connectivity index (χ1) is 11.2. The first-order valence-corrected chi connectivity index (χ1v) is 8.67. The topological polar surface area (TPSA) is 105 Å². The van der Waals surface area contributed by atoms with Gasteiger partial charge >= 0.3 is 0 Å². The molecule has 0 aliphatic rings. The average Bonchev–Trinajstić information content (AvgIpc) is 2.51. The van der Waals surface area contributed by atoms with Gasteiger partial charge < -0.3 is 11.1 Å². The van der Waals surface area contributed by atoms with Crippen molar-refractivity contribution in [2.75, 3.05) is 25.1 Å². The quantitative estimate of drug-likeness (QED) is 0.818. The number of pyridine rings is 1. The molecule has 0 unspecified atom stereocenters. The maximum atomic E-state index is 12.3. The van der Waals surface area contributed by atoms with E-state index in [1.807, 2.05) is 0 Å². The summed E-state index contributed by atoms with van der Waals surface area (Å²) in [5.41, 5.74) is 7.69. The lowest BCUT2D eigenvalue weighted by atomic mass is 10.2. The van der Waals surface area contributed by atoms with Crippen LogP contribution in [0.15, 0.2) is 41.4 Å². The van der Waals surface area contributed by atoms with Crippen molar-refractivity contribution in [3.63, 3.8) is 0 Å². The molecule has 0 atom stereocenters. The molecule has 2 rings (SSSR count). The van der Waals surface area contributed by atoms with Crippen molar-refractivity contribution >= 4 is 39.7 Å². The summed E-state index contributed by atoms with van der Waals surface area (Å²) in [4.78, 5) is 16.3. The number of sulfonamides is 1. The van der Waals surface area contributed by atoms with Crippen LogP contribution in [0.4, 0.5) is 11.4 Å². The number of nitrogens with two attached hydrogens (primary N) is 1. The second-order valence-electron chi connectivity index (χ2n) is 5.58. The lowest BCUT2D eigenvalue weighted by Gasteiger charge is -2.15. The normalized spacial score (nSPS) is 11.0. The van der Waals surface area contributed by atoms with Crippen LogP contribution in [0.1, 0.15) is 11.3 Å². The Kier molecular flexibility index (Phi) is 6.92. The Bertz CT molecular complexity index is 852. The van der Waals surface area contributed by atoms with Crippen molar-refractivity contribution in [1.29, 1.82) is 0 Å². The van der Waals surface area contributed by atoms with Crippen molar-refractivity contribution in [3.05, 3.63) is 47.8 Å². The van der Waals surface area contributed by atoms with E-state index in [9.17, 15) is 13.2 Å². The minimum Gasteiger partial charge on any atom is -0.397 e. The fraction of sp³-hybridized carbons (Fsp3) is 0.250. The molecule has 136 valence electrons. The molecule has 25 heavy (non-hydrogen) atoms. The van der Waals surface area contributed by atoms with Crippen molar-refractivity contribution in [3.8, 4) is 0 Å². The number of benzene rings is 1. The highest BCUT2D eigenvalue weighted by molar-refractivity contribution is 7.89. The first kappa shape index (κ1) is 20.9. The SMILES string of the molecule is Cc1ccc(NC(=O)Cc2ccc(N)cn2)cc1S(=O)(=O)N(C)C.Cl. The molecule has 0 spiro atoms. The summed E-state index contributed by atoms with van der Waals surface area (Å²) in [6.07, 6.45) is 1.56. The van der Waals surface area contributed by atoms with Crippen molar-refractivity contribution < 1.29 is 13.2 Å². The van der Waals surface area contributed by atoms with Crippen LogP contribution in [0, 0.1) is 6.92 Å². The maximum absolute atomic E-state index is 12.3. The smallest absolute Gasteiger partial charge is 0.242 e. The van der Waals surface area contributed by atoms with Gasteiger partial charge in [-0.3, -0.25) is 9.78 Å². The lowest BCUT2D eigenvalue weighted by molar-refractivity contribution is -0.115. The van der Waals surface area contributed by atoms with Gasteiger partial charge in [0.2, 0.25) is 15.9 Å². The average molecular weight is 385 g/mol. The summed E-state index contributed by atoms with van der Waals surface area (Å²) in [5.74, 6) is -0.288. The van der Waals surface area contributed by atoms with Gasteiger partial charge in [-0.2, -0.15) is 0 Å². The number of carbonyl (C=O) groups excluding carboxylic acids is 1. The molecule has 0 saturated carbocycles. The van der Waals surface area contributed by atoms with E-state index in [-0.39, 0.29) is 29.6 Å². The van der Waals surface area contributed by atoms with Crippen molar-refractivity contribution in [1.82, 2.24) is 9.29 Å². The number of aromatic nitrogens is 1. The second kappa shape index (κ2) is 8.28. The van der Waals surface area contributed by atoms with E-state index in [4.69, 9.17) is 5.73 Å². The van der Waals surface area contributed by atoms with Crippen molar-refractivity contribution in [2.45, 2.75) is 18.2 Å². The van der Waals surface area contributed by atoms with Crippen LogP contribution in [-0.4, -0.2) is 37.7 Å². The summed E-state index contributed by atoms with van der Waals surface area (Å²) in [6, 6.07) is 8.13. The third-order valence-corrected chi connectivity index (χ3v) is 5.38. The second-order valence-corrected chi connectivity index (χ2v) is 7.70. The number of nitrogens with zero attached hydrogens (tertiary/aromatic N) is 2. The number of aryl methyl sites for hydroxylation is 1. The standard InChI is InChI=1S/C16H20N4O3S.ClH/c1-11-4-6-14(8-15(11)24(22,23)20(2)3)19-16(21)9-13-7-5-12(17)10-18-13;/h4-8,10H,9,17H2,1-3H3,(H,19,21);1H. The number of rotatable bonds is 5. The maximum Gasteiger partial charge on any atom is 0.242 e. The third-order valence-electron chi connectivity index (χ3n) is 3.42. The Balaban J connectivity index is 0.00000312. The van der Waals surface area contributed by atoms with Gasteiger partial charge in [-0.05, 0) is 36.8 Å². The number of nitrogens with one attached hydrogen (secondary N) is 1. The fourth-order valence-corrected chi connectivity index (χ4v) is 3.21. The molecule has 9 heteroatoms. The van der Waals surface area contributed by atoms with E-state index in [1.165, 1.54) is 26.4 Å². The number of hydrogen-bond acceptors (Lipinski definition) is 5. The molecule has 0 fully saturated rings. The van der Waals surface area contributed by atoms with Crippen LogP contribution in [-0.2, 0) is 21.2 Å². The van der Waals surface area contributed by atoms with E-state index in [1.54, 1.807) is 31.2 Å². The molecule has 0 aliphatic heterocycles. The van der Waals surface area contributed by atoms with E-state index >= 15 is 0 Å². The molecule has 7 nitrogen and oxygen atoms in total. The molecule has 1 heterocycles. The molecular formula is C16H21ClN4O3S. The predicted octanol–water partition coefficient (Wildman–Crippen LogP) is 1.83. The number of carbonyl (C=O) groups is 1. The molecule has 0 bridgehead atoms. The van der Waals surface area contributed by atoms with Crippen LogP contribution < -0.4 is 11.1 Å². The first-order valence-electron chi connectivity index (χ1n) is 7.23. The van der Waals surface area contributed by atoms with Gasteiger partial charge in [0.1, 0.15) is 0 Å². The Morgan fingerprint density at radius 2 is 1.92 bits per heavy atom. The van der Waals surface area contributed by atoms with Crippen LogP contribution in [0.3, 0.4) is 0 Å². The molecule has 3 N–H and O–H groups in total. The monoisotopic (exact) mass is 384 g/mol. The largest absolute Gasteiger partial charge is 0.397 e. The van der Waals surface area contributed by atoms with Gasteiger partial charge in [-0.1, -0.05) is 6.07 Å². The highest BCUT2D eigenvalue weighted by Gasteiger charge is 2.20. The third kappa shape index (κ3) is 5.15. The van der Waals surface area contributed by atoms with Gasteiger partial charge in [-0.15, -0.1) is 12.4 Å². The Morgan fingerprint density at radius 1 is 1.24 bits per heavy atom. The van der Waals surface area contributed by atoms with Gasteiger partial charge in [0.05, 0.1) is 23.2 Å². The Hall–Kier alpha value is -2.16. The van der Waals surface area contributed by atoms with Crippen LogP contribution in [0.25, 0.3) is 0 Å². The molecule has 0 saturated heterocycles. The van der Waals surface area contributed by atoms with Gasteiger partial charge in [0.25, 0.3) is 0 Å². The highest BCUT2D eigenvalue weighted by Crippen LogP contribution is 2.22. The zero-order valence-electron chi connectivity index (χ0n) is 14.2. The number of hydrogen-bond donors (Lipinski definition) is 2. The summed E-state index contributed by atoms with van der Waals surface area (Å²) in [5, 5.41) is 2.69.